The number of amides is 1. The van der Waals surface area contributed by atoms with Crippen LogP contribution < -0.4 is 5.32 Å². The van der Waals surface area contributed by atoms with Crippen molar-refractivity contribution in [2.75, 3.05) is 0 Å². The zero-order valence-electron chi connectivity index (χ0n) is 13.2. The van der Waals surface area contributed by atoms with Crippen molar-refractivity contribution in [3.63, 3.8) is 0 Å². The van der Waals surface area contributed by atoms with E-state index in [4.69, 9.17) is 16.7 Å². The first-order valence-corrected chi connectivity index (χ1v) is 8.15. The molecule has 7 heteroatoms. The number of halogens is 1. The first kappa shape index (κ1) is 16.5. The molecule has 0 bridgehead atoms. The van der Waals surface area contributed by atoms with E-state index in [-0.39, 0.29) is 17.9 Å². The Hall–Kier alpha value is -2.34. The number of carboxylic acids is 1. The molecule has 24 heavy (non-hydrogen) atoms. The molecule has 2 N–H and O–H groups in total. The predicted octanol–water partition coefficient (Wildman–Crippen LogP) is 2.72. The Balaban J connectivity index is 1.81. The van der Waals surface area contributed by atoms with E-state index in [1.807, 2.05) is 18.2 Å². The van der Waals surface area contributed by atoms with Crippen LogP contribution in [0.4, 0.5) is 0 Å². The number of benzene rings is 1. The molecule has 1 fully saturated rings. The van der Waals surface area contributed by atoms with Gasteiger partial charge in [0.15, 0.2) is 0 Å². The number of carboxylic acid groups (broad SMARTS) is 1. The summed E-state index contributed by atoms with van der Waals surface area (Å²) >= 11 is 6.22. The van der Waals surface area contributed by atoms with E-state index in [0.29, 0.717) is 41.1 Å². The van der Waals surface area contributed by atoms with Gasteiger partial charge < -0.3 is 10.4 Å². The zero-order chi connectivity index (χ0) is 17.3. The molecular formula is C17H18ClN3O3. The Morgan fingerprint density at radius 3 is 2.75 bits per heavy atom. The lowest BCUT2D eigenvalue weighted by Crippen LogP contribution is -2.33. The number of aliphatic carboxylic acids is 1. The van der Waals surface area contributed by atoms with Crippen LogP contribution in [0.15, 0.2) is 30.5 Å². The van der Waals surface area contributed by atoms with Crippen LogP contribution in [-0.4, -0.2) is 32.8 Å². The molecule has 1 aromatic carbocycles. The van der Waals surface area contributed by atoms with E-state index in [9.17, 15) is 9.59 Å². The Kier molecular flexibility index (Phi) is 4.57. The largest absolute Gasteiger partial charge is 0.481 e. The first-order chi connectivity index (χ1) is 11.5. The van der Waals surface area contributed by atoms with Gasteiger partial charge in [0.05, 0.1) is 16.5 Å². The molecule has 126 valence electrons. The number of aryl methyl sites for hydroxylation is 1. The van der Waals surface area contributed by atoms with Gasteiger partial charge in [0, 0.05) is 24.8 Å². The molecule has 0 unspecified atom stereocenters. The second-order valence-electron chi connectivity index (χ2n) is 6.06. The number of hydrogen-bond acceptors (Lipinski definition) is 3. The molecule has 1 aliphatic carbocycles. The highest BCUT2D eigenvalue weighted by atomic mass is 35.5. The van der Waals surface area contributed by atoms with Crippen molar-refractivity contribution in [2.45, 2.75) is 25.3 Å². The monoisotopic (exact) mass is 347 g/mol. The molecular weight excluding hydrogens is 330 g/mol. The number of nitrogens with one attached hydrogen (secondary N) is 1. The molecule has 0 spiro atoms. The van der Waals surface area contributed by atoms with Gasteiger partial charge >= 0.3 is 5.97 Å². The fraction of sp³-hybridized carbons (Fsp3) is 0.353. The van der Waals surface area contributed by atoms with Crippen LogP contribution in [0.5, 0.6) is 0 Å². The van der Waals surface area contributed by atoms with E-state index in [1.165, 1.54) is 0 Å². The lowest BCUT2D eigenvalue weighted by Gasteiger charge is -2.12. The fourth-order valence-corrected chi connectivity index (χ4v) is 3.33. The second kappa shape index (κ2) is 6.65. The van der Waals surface area contributed by atoms with Crippen molar-refractivity contribution >= 4 is 23.5 Å². The van der Waals surface area contributed by atoms with E-state index < -0.39 is 5.97 Å². The van der Waals surface area contributed by atoms with Crippen molar-refractivity contribution in [3.8, 4) is 11.3 Å². The quantitative estimate of drug-likeness (QED) is 0.890. The van der Waals surface area contributed by atoms with E-state index >= 15 is 0 Å². The van der Waals surface area contributed by atoms with Gasteiger partial charge in [-0.3, -0.25) is 14.3 Å². The third-order valence-corrected chi connectivity index (χ3v) is 4.65. The third kappa shape index (κ3) is 3.28. The average Bonchev–Trinajstić information content (AvgIpc) is 3.14. The Morgan fingerprint density at radius 2 is 2.08 bits per heavy atom. The Morgan fingerprint density at radius 1 is 1.33 bits per heavy atom. The molecule has 1 amide bonds. The molecule has 3 rings (SSSR count). The maximum atomic E-state index is 12.6. The molecule has 1 saturated carbocycles. The van der Waals surface area contributed by atoms with Crippen molar-refractivity contribution in [2.24, 2.45) is 13.0 Å². The molecule has 6 nitrogen and oxygen atoms in total. The summed E-state index contributed by atoms with van der Waals surface area (Å²) in [5.41, 5.74) is 1.65. The van der Waals surface area contributed by atoms with E-state index in [1.54, 1.807) is 24.0 Å². The first-order valence-electron chi connectivity index (χ1n) is 7.78. The van der Waals surface area contributed by atoms with Crippen molar-refractivity contribution in [1.82, 2.24) is 15.1 Å². The van der Waals surface area contributed by atoms with Gasteiger partial charge in [-0.05, 0) is 25.3 Å². The SMILES string of the molecule is Cn1cc(C(=O)N[C@@H]2CC[C@H](C(=O)O)C2)c(-c2ccccc2Cl)n1. The highest BCUT2D eigenvalue weighted by Gasteiger charge is 2.31. The summed E-state index contributed by atoms with van der Waals surface area (Å²) in [6.07, 6.45) is 3.37. The zero-order valence-corrected chi connectivity index (χ0v) is 14.0. The van der Waals surface area contributed by atoms with Gasteiger partial charge in [-0.1, -0.05) is 29.8 Å². The summed E-state index contributed by atoms with van der Waals surface area (Å²) in [5.74, 6) is -1.44. The van der Waals surface area contributed by atoms with Crippen LogP contribution in [0.2, 0.25) is 5.02 Å². The van der Waals surface area contributed by atoms with Gasteiger partial charge in [0.1, 0.15) is 5.69 Å². The molecule has 0 saturated heterocycles. The normalized spacial score (nSPS) is 20.1. The lowest BCUT2D eigenvalue weighted by molar-refractivity contribution is -0.141. The number of carbonyl (C=O) groups is 2. The number of rotatable bonds is 4. The molecule has 0 radical (unpaired) electrons. The summed E-state index contributed by atoms with van der Waals surface area (Å²) in [6, 6.07) is 7.10. The Bertz CT molecular complexity index is 787. The van der Waals surface area contributed by atoms with E-state index in [0.717, 1.165) is 0 Å². The summed E-state index contributed by atoms with van der Waals surface area (Å²) in [4.78, 5) is 23.7. The number of carbonyl (C=O) groups excluding carboxylic acids is 1. The molecule has 1 aliphatic rings. The minimum Gasteiger partial charge on any atom is -0.481 e. The van der Waals surface area contributed by atoms with Crippen LogP contribution in [-0.2, 0) is 11.8 Å². The van der Waals surface area contributed by atoms with Crippen LogP contribution >= 0.6 is 11.6 Å². The Labute approximate surface area is 144 Å². The third-order valence-electron chi connectivity index (χ3n) is 4.32. The summed E-state index contributed by atoms with van der Waals surface area (Å²) in [6.45, 7) is 0. The van der Waals surface area contributed by atoms with Crippen LogP contribution in [0.25, 0.3) is 11.3 Å². The van der Waals surface area contributed by atoms with Gasteiger partial charge in [0.25, 0.3) is 5.91 Å². The smallest absolute Gasteiger partial charge is 0.306 e. The van der Waals surface area contributed by atoms with Crippen molar-refractivity contribution in [3.05, 3.63) is 41.0 Å². The standard InChI is InChI=1S/C17H18ClN3O3/c1-21-9-13(15(20-21)12-4-2-3-5-14(12)18)16(22)19-11-7-6-10(8-11)17(23)24/h2-5,9-11H,6-8H2,1H3,(H,19,22)(H,23,24)/t10-,11+/m0/s1. The highest BCUT2D eigenvalue weighted by molar-refractivity contribution is 6.33. The fourth-order valence-electron chi connectivity index (χ4n) is 3.11. The number of nitrogens with zero attached hydrogens (tertiary/aromatic N) is 2. The topological polar surface area (TPSA) is 84.2 Å². The molecule has 2 aromatic rings. The van der Waals surface area contributed by atoms with Gasteiger partial charge in [-0.25, -0.2) is 0 Å². The molecule has 1 aromatic heterocycles. The lowest BCUT2D eigenvalue weighted by atomic mass is 10.1. The number of aromatic nitrogens is 2. The van der Waals surface area contributed by atoms with Crippen LogP contribution in [0, 0.1) is 5.92 Å². The summed E-state index contributed by atoms with van der Waals surface area (Å²) in [5, 5.41) is 16.9. The minimum absolute atomic E-state index is 0.127. The van der Waals surface area contributed by atoms with Gasteiger partial charge in [-0.2, -0.15) is 5.10 Å². The van der Waals surface area contributed by atoms with E-state index in [2.05, 4.69) is 10.4 Å². The predicted molar refractivity (Wildman–Crippen MR) is 89.9 cm³/mol. The van der Waals surface area contributed by atoms with Crippen molar-refractivity contribution in [1.29, 1.82) is 0 Å². The highest BCUT2D eigenvalue weighted by Crippen LogP contribution is 2.30. The molecule has 0 aliphatic heterocycles. The summed E-state index contributed by atoms with van der Waals surface area (Å²) < 4.78 is 1.57. The summed E-state index contributed by atoms with van der Waals surface area (Å²) in [7, 11) is 1.74. The second-order valence-corrected chi connectivity index (χ2v) is 6.47. The maximum Gasteiger partial charge on any atom is 0.306 e. The van der Waals surface area contributed by atoms with Gasteiger partial charge in [0.2, 0.25) is 0 Å². The molecule has 2 atom stereocenters. The average molecular weight is 348 g/mol. The minimum atomic E-state index is -0.801. The van der Waals surface area contributed by atoms with Gasteiger partial charge in [-0.15, -0.1) is 0 Å². The molecule has 1 heterocycles. The van der Waals surface area contributed by atoms with Crippen LogP contribution in [0.3, 0.4) is 0 Å². The van der Waals surface area contributed by atoms with Crippen molar-refractivity contribution < 1.29 is 14.7 Å². The van der Waals surface area contributed by atoms with Crippen LogP contribution in [0.1, 0.15) is 29.6 Å². The number of hydrogen-bond donors (Lipinski definition) is 2. The maximum absolute atomic E-state index is 12.6.